The second kappa shape index (κ2) is 8.38. The molecule has 0 spiro atoms. The molecule has 0 N–H and O–H groups in total. The van der Waals surface area contributed by atoms with Crippen molar-refractivity contribution in [1.29, 1.82) is 0 Å². The summed E-state index contributed by atoms with van der Waals surface area (Å²) in [6.45, 7) is 0. The predicted octanol–water partition coefficient (Wildman–Crippen LogP) is 8.66. The van der Waals surface area contributed by atoms with Gasteiger partial charge < -0.3 is 9.13 Å². The molecule has 0 radical (unpaired) electrons. The van der Waals surface area contributed by atoms with Gasteiger partial charge in [-0.05, 0) is 60.7 Å². The number of rotatable bonds is 2. The number of hydrogen-bond acceptors (Lipinski definition) is 2. The number of benzene rings is 6. The molecule has 0 atom stereocenters. The fourth-order valence-corrected chi connectivity index (χ4v) is 6.81. The zero-order valence-electron chi connectivity index (χ0n) is 22.4. The van der Waals surface area contributed by atoms with Crippen LogP contribution in [0.2, 0.25) is 0 Å². The number of fused-ring (bicyclic) bond motifs is 8. The van der Waals surface area contributed by atoms with Crippen molar-refractivity contribution in [3.8, 4) is 11.4 Å². The SMILES string of the molecule is O=C1c2ccc(-n3c4ccccc4c4ccccc43)cc2C(=O)c2ccc(-n3c4ccccc4c4ccccc43)cc21. The van der Waals surface area contributed by atoms with Crippen LogP contribution in [0.3, 0.4) is 0 Å². The molecule has 6 aromatic carbocycles. The van der Waals surface area contributed by atoms with E-state index in [1.54, 1.807) is 0 Å². The Hall–Kier alpha value is -5.74. The van der Waals surface area contributed by atoms with E-state index in [4.69, 9.17) is 0 Å². The Labute approximate surface area is 240 Å². The van der Waals surface area contributed by atoms with E-state index >= 15 is 0 Å². The molecule has 0 aliphatic heterocycles. The number of carbonyl (C=O) groups excluding carboxylic acids is 2. The highest BCUT2D eigenvalue weighted by Crippen LogP contribution is 2.37. The first-order valence-electron chi connectivity index (χ1n) is 14.0. The van der Waals surface area contributed by atoms with E-state index < -0.39 is 0 Å². The van der Waals surface area contributed by atoms with Crippen LogP contribution in [0.25, 0.3) is 55.0 Å². The van der Waals surface area contributed by atoms with Crippen LogP contribution < -0.4 is 0 Å². The van der Waals surface area contributed by atoms with Crippen LogP contribution in [-0.2, 0) is 0 Å². The van der Waals surface area contributed by atoms with Crippen molar-refractivity contribution in [3.05, 3.63) is 156 Å². The van der Waals surface area contributed by atoms with Crippen LogP contribution in [0.4, 0.5) is 0 Å². The van der Waals surface area contributed by atoms with Gasteiger partial charge in [0, 0.05) is 55.2 Å². The molecule has 8 aromatic rings. The van der Waals surface area contributed by atoms with E-state index in [1.807, 2.05) is 84.9 Å². The van der Waals surface area contributed by atoms with Crippen molar-refractivity contribution in [2.75, 3.05) is 0 Å². The van der Waals surface area contributed by atoms with E-state index in [9.17, 15) is 9.59 Å². The van der Waals surface area contributed by atoms with Crippen LogP contribution in [-0.4, -0.2) is 20.7 Å². The van der Waals surface area contributed by atoms with Crippen LogP contribution in [0, 0.1) is 0 Å². The number of ketones is 2. The molecule has 42 heavy (non-hydrogen) atoms. The standard InChI is InChI=1S/C38H22N2O2/c41-37-30-20-18-24(40-35-15-7-3-11-27(35)28-12-4-8-16-36(28)40)22-32(30)38(42)29-19-17-23(21-31(29)37)39-33-13-5-1-9-25(33)26-10-2-6-14-34(26)39/h1-22H. The summed E-state index contributed by atoms with van der Waals surface area (Å²) in [5, 5.41) is 4.60. The summed E-state index contributed by atoms with van der Waals surface area (Å²) in [7, 11) is 0. The Morgan fingerprint density at radius 2 is 0.643 bits per heavy atom. The molecule has 1 aliphatic carbocycles. The second-order valence-corrected chi connectivity index (χ2v) is 10.9. The smallest absolute Gasteiger partial charge is 0.194 e. The molecule has 4 heteroatoms. The lowest BCUT2D eigenvalue weighted by Gasteiger charge is -2.20. The van der Waals surface area contributed by atoms with Gasteiger partial charge in [0.2, 0.25) is 0 Å². The van der Waals surface area contributed by atoms with Crippen molar-refractivity contribution in [3.63, 3.8) is 0 Å². The average molecular weight is 539 g/mol. The molecule has 0 bridgehead atoms. The minimum absolute atomic E-state index is 0.129. The van der Waals surface area contributed by atoms with E-state index in [-0.39, 0.29) is 11.6 Å². The zero-order chi connectivity index (χ0) is 27.9. The molecule has 4 nitrogen and oxygen atoms in total. The van der Waals surface area contributed by atoms with Crippen molar-refractivity contribution in [2.45, 2.75) is 0 Å². The fourth-order valence-electron chi connectivity index (χ4n) is 6.81. The Balaban J connectivity index is 1.21. The average Bonchev–Trinajstić information content (AvgIpc) is 3.56. The second-order valence-electron chi connectivity index (χ2n) is 10.9. The maximum atomic E-state index is 14.0. The number of nitrogens with zero attached hydrogens (tertiary/aromatic N) is 2. The Morgan fingerprint density at radius 1 is 0.333 bits per heavy atom. The van der Waals surface area contributed by atoms with Gasteiger partial charge in [-0.15, -0.1) is 0 Å². The molecule has 0 unspecified atom stereocenters. The molecule has 2 heterocycles. The molecule has 196 valence electrons. The van der Waals surface area contributed by atoms with Gasteiger partial charge in [-0.3, -0.25) is 9.59 Å². The fraction of sp³-hybridized carbons (Fsp3) is 0. The van der Waals surface area contributed by atoms with Crippen molar-refractivity contribution >= 4 is 55.2 Å². The quantitative estimate of drug-likeness (QED) is 0.221. The number of aromatic nitrogens is 2. The third kappa shape index (κ3) is 3.01. The summed E-state index contributed by atoms with van der Waals surface area (Å²) < 4.78 is 4.34. The highest BCUT2D eigenvalue weighted by atomic mass is 16.1. The van der Waals surface area contributed by atoms with Gasteiger partial charge in [-0.1, -0.05) is 72.8 Å². The molecule has 0 saturated heterocycles. The van der Waals surface area contributed by atoms with Crippen LogP contribution in [0.1, 0.15) is 31.8 Å². The minimum atomic E-state index is -0.129. The summed E-state index contributed by atoms with van der Waals surface area (Å²) in [6, 6.07) is 44.4. The maximum absolute atomic E-state index is 14.0. The Kier molecular flexibility index (Phi) is 4.59. The van der Waals surface area contributed by atoms with Crippen molar-refractivity contribution in [2.24, 2.45) is 0 Å². The maximum Gasteiger partial charge on any atom is 0.194 e. The number of hydrogen-bond donors (Lipinski definition) is 0. The molecule has 1 aliphatic rings. The minimum Gasteiger partial charge on any atom is -0.309 e. The summed E-state index contributed by atoms with van der Waals surface area (Å²) in [5.41, 5.74) is 7.72. The third-order valence-electron chi connectivity index (χ3n) is 8.66. The van der Waals surface area contributed by atoms with Gasteiger partial charge in [0.15, 0.2) is 11.6 Å². The monoisotopic (exact) mass is 538 g/mol. The normalized spacial score (nSPS) is 12.9. The van der Waals surface area contributed by atoms with Gasteiger partial charge >= 0.3 is 0 Å². The van der Waals surface area contributed by atoms with E-state index in [2.05, 4.69) is 57.7 Å². The molecule has 2 aromatic heterocycles. The van der Waals surface area contributed by atoms with E-state index in [0.29, 0.717) is 22.3 Å². The molecule has 0 saturated carbocycles. The lowest BCUT2D eigenvalue weighted by atomic mass is 9.83. The van der Waals surface area contributed by atoms with Crippen LogP contribution >= 0.6 is 0 Å². The molecular formula is C38H22N2O2. The molecular weight excluding hydrogens is 516 g/mol. The van der Waals surface area contributed by atoms with Crippen LogP contribution in [0.5, 0.6) is 0 Å². The highest BCUT2D eigenvalue weighted by Gasteiger charge is 2.31. The van der Waals surface area contributed by atoms with Crippen molar-refractivity contribution < 1.29 is 9.59 Å². The first-order valence-corrected chi connectivity index (χ1v) is 14.0. The van der Waals surface area contributed by atoms with Gasteiger partial charge in [0.05, 0.1) is 22.1 Å². The summed E-state index contributed by atoms with van der Waals surface area (Å²) in [6.07, 6.45) is 0. The lowest BCUT2D eigenvalue weighted by Crippen LogP contribution is -2.21. The summed E-state index contributed by atoms with van der Waals surface area (Å²) >= 11 is 0. The predicted molar refractivity (Wildman–Crippen MR) is 168 cm³/mol. The number of carbonyl (C=O) groups is 2. The van der Waals surface area contributed by atoms with Gasteiger partial charge in [-0.25, -0.2) is 0 Å². The zero-order valence-corrected chi connectivity index (χ0v) is 22.4. The molecule has 0 amide bonds. The van der Waals surface area contributed by atoms with Crippen molar-refractivity contribution in [1.82, 2.24) is 9.13 Å². The summed E-state index contributed by atoms with van der Waals surface area (Å²) in [5.74, 6) is -0.257. The lowest BCUT2D eigenvalue weighted by molar-refractivity contribution is 0.0979. The highest BCUT2D eigenvalue weighted by molar-refractivity contribution is 6.29. The third-order valence-corrected chi connectivity index (χ3v) is 8.66. The van der Waals surface area contributed by atoms with E-state index in [1.165, 1.54) is 0 Å². The first-order chi connectivity index (χ1) is 20.7. The van der Waals surface area contributed by atoms with Gasteiger partial charge in [0.25, 0.3) is 0 Å². The Morgan fingerprint density at radius 3 is 0.976 bits per heavy atom. The molecule has 0 fully saturated rings. The van der Waals surface area contributed by atoms with E-state index in [0.717, 1.165) is 55.0 Å². The molecule has 9 rings (SSSR count). The van der Waals surface area contributed by atoms with Crippen LogP contribution in [0.15, 0.2) is 133 Å². The first kappa shape index (κ1) is 23.0. The van der Waals surface area contributed by atoms with Gasteiger partial charge in [-0.2, -0.15) is 0 Å². The topological polar surface area (TPSA) is 44.0 Å². The van der Waals surface area contributed by atoms with Gasteiger partial charge in [0.1, 0.15) is 0 Å². The number of para-hydroxylation sites is 4. The largest absolute Gasteiger partial charge is 0.309 e. The Bertz CT molecular complexity index is 2180. The summed E-state index contributed by atoms with van der Waals surface area (Å²) in [4.78, 5) is 27.9.